The summed E-state index contributed by atoms with van der Waals surface area (Å²) in [6, 6.07) is 18.0. The van der Waals surface area contributed by atoms with Crippen molar-refractivity contribution in [3.63, 3.8) is 0 Å². The molecule has 0 saturated carbocycles. The second-order valence-corrected chi connectivity index (χ2v) is 9.48. The minimum atomic E-state index is -3.75. The first kappa shape index (κ1) is 22.8. The lowest BCUT2D eigenvalue weighted by atomic mass is 10.1. The van der Waals surface area contributed by atoms with Crippen molar-refractivity contribution in [2.24, 2.45) is 0 Å². The number of ether oxygens (including phenoxy) is 2. The van der Waals surface area contributed by atoms with E-state index in [9.17, 15) is 8.42 Å². The van der Waals surface area contributed by atoms with Gasteiger partial charge in [-0.25, -0.2) is 8.42 Å². The van der Waals surface area contributed by atoms with Gasteiger partial charge in [-0.2, -0.15) is 4.31 Å². The lowest BCUT2D eigenvalue weighted by Gasteiger charge is -2.23. The highest BCUT2D eigenvalue weighted by Crippen LogP contribution is 2.25. The van der Waals surface area contributed by atoms with Crippen LogP contribution in [-0.2, 0) is 23.1 Å². The Bertz CT molecular complexity index is 1050. The van der Waals surface area contributed by atoms with Crippen LogP contribution in [0.1, 0.15) is 36.6 Å². The van der Waals surface area contributed by atoms with Crippen LogP contribution in [0.5, 0.6) is 11.5 Å². The summed E-state index contributed by atoms with van der Waals surface area (Å²) in [6.07, 6.45) is 1.56. The molecule has 7 heteroatoms. The average Bonchev–Trinajstić information content (AvgIpc) is 2.79. The lowest BCUT2D eigenvalue weighted by Crippen LogP contribution is -2.30. The van der Waals surface area contributed by atoms with Gasteiger partial charge in [0.25, 0.3) is 0 Å². The number of hydrogen-bond donors (Lipinski definition) is 0. The molecule has 6 nitrogen and oxygen atoms in total. The van der Waals surface area contributed by atoms with Gasteiger partial charge in [-0.1, -0.05) is 38.1 Å². The van der Waals surface area contributed by atoms with E-state index in [2.05, 4.69) is 4.98 Å². The Morgan fingerprint density at radius 2 is 1.32 bits per heavy atom. The number of nitrogens with zero attached hydrogens (tertiary/aromatic N) is 2. The molecule has 0 bridgehead atoms. The number of benzene rings is 2. The summed E-state index contributed by atoms with van der Waals surface area (Å²) in [5.41, 5.74) is 2.49. The van der Waals surface area contributed by atoms with Crippen LogP contribution < -0.4 is 9.47 Å². The van der Waals surface area contributed by atoms with Gasteiger partial charge in [-0.3, -0.25) is 4.98 Å². The highest BCUT2D eigenvalue weighted by molar-refractivity contribution is 7.89. The van der Waals surface area contributed by atoms with E-state index in [1.54, 1.807) is 32.5 Å². The Hall–Kier alpha value is -2.90. The summed E-state index contributed by atoms with van der Waals surface area (Å²) in [5.74, 6) is 1.58. The lowest BCUT2D eigenvalue weighted by molar-refractivity contribution is 0.397. The van der Waals surface area contributed by atoms with Crippen LogP contribution in [0.3, 0.4) is 0 Å². The fourth-order valence-corrected chi connectivity index (χ4v) is 4.59. The van der Waals surface area contributed by atoms with Crippen LogP contribution >= 0.6 is 0 Å². The number of rotatable bonds is 9. The Kier molecular flexibility index (Phi) is 7.30. The summed E-state index contributed by atoms with van der Waals surface area (Å²) >= 11 is 0. The molecule has 3 aromatic rings. The van der Waals surface area contributed by atoms with Crippen LogP contribution in [0.4, 0.5) is 0 Å². The molecule has 0 N–H and O–H groups in total. The maximum Gasteiger partial charge on any atom is 0.243 e. The van der Waals surface area contributed by atoms with Gasteiger partial charge in [0.05, 0.1) is 19.1 Å². The molecule has 0 unspecified atom stereocenters. The molecule has 2 aromatic carbocycles. The zero-order valence-electron chi connectivity index (χ0n) is 18.3. The fraction of sp³-hybridized carbons (Fsp3) is 0.292. The molecule has 0 fully saturated rings. The van der Waals surface area contributed by atoms with Crippen LogP contribution in [0, 0.1) is 0 Å². The van der Waals surface area contributed by atoms with Gasteiger partial charge in [0.2, 0.25) is 10.0 Å². The standard InChI is InChI=1S/C24H28N2O4S/c1-18(2)24-15-23(13-14-25-24)31(27,28)26(16-19-5-9-21(29-3)10-6-19)17-20-7-11-22(30-4)12-8-20/h5-15,18H,16-17H2,1-4H3. The third kappa shape index (κ3) is 5.62. The van der Waals surface area contributed by atoms with Crippen molar-refractivity contribution in [2.45, 2.75) is 37.8 Å². The second-order valence-electron chi connectivity index (χ2n) is 7.54. The molecule has 0 amide bonds. The molecule has 1 heterocycles. The highest BCUT2D eigenvalue weighted by Gasteiger charge is 2.26. The quantitative estimate of drug-likeness (QED) is 0.486. The van der Waals surface area contributed by atoms with Gasteiger partial charge in [-0.05, 0) is 53.4 Å². The van der Waals surface area contributed by atoms with Crippen molar-refractivity contribution < 1.29 is 17.9 Å². The second kappa shape index (κ2) is 9.94. The van der Waals surface area contributed by atoms with E-state index in [1.165, 1.54) is 4.31 Å². The molecule has 0 aliphatic carbocycles. The normalized spacial score (nSPS) is 11.7. The number of hydrogen-bond acceptors (Lipinski definition) is 5. The average molecular weight is 441 g/mol. The van der Waals surface area contributed by atoms with E-state index in [-0.39, 0.29) is 23.9 Å². The first-order valence-corrected chi connectivity index (χ1v) is 11.5. The topological polar surface area (TPSA) is 68.7 Å². The summed E-state index contributed by atoms with van der Waals surface area (Å²) in [5, 5.41) is 0. The van der Waals surface area contributed by atoms with E-state index in [1.807, 2.05) is 62.4 Å². The predicted octanol–water partition coefficient (Wildman–Crippen LogP) is 4.61. The smallest absolute Gasteiger partial charge is 0.243 e. The zero-order valence-corrected chi connectivity index (χ0v) is 19.1. The molecule has 31 heavy (non-hydrogen) atoms. The van der Waals surface area contributed by atoms with Crippen LogP contribution in [-0.4, -0.2) is 31.9 Å². The molecule has 0 saturated heterocycles. The number of sulfonamides is 1. The maximum atomic E-state index is 13.6. The van der Waals surface area contributed by atoms with Crippen molar-refractivity contribution in [2.75, 3.05) is 14.2 Å². The summed E-state index contributed by atoms with van der Waals surface area (Å²) in [6.45, 7) is 4.45. The summed E-state index contributed by atoms with van der Waals surface area (Å²) in [4.78, 5) is 4.55. The van der Waals surface area contributed by atoms with E-state index in [0.717, 1.165) is 28.3 Å². The predicted molar refractivity (Wildman–Crippen MR) is 121 cm³/mol. The summed E-state index contributed by atoms with van der Waals surface area (Å²) < 4.78 is 39.1. The zero-order chi connectivity index (χ0) is 22.4. The molecular weight excluding hydrogens is 412 g/mol. The first-order chi connectivity index (χ1) is 14.8. The molecule has 3 rings (SSSR count). The Labute approximate surface area is 184 Å². The number of methoxy groups -OCH3 is 2. The van der Waals surface area contributed by atoms with E-state index >= 15 is 0 Å². The van der Waals surface area contributed by atoms with Crippen molar-refractivity contribution in [3.05, 3.63) is 83.7 Å². The third-order valence-corrected chi connectivity index (χ3v) is 6.81. The minimum absolute atomic E-state index is 0.131. The van der Waals surface area contributed by atoms with E-state index < -0.39 is 10.0 Å². The Morgan fingerprint density at radius 3 is 1.74 bits per heavy atom. The van der Waals surface area contributed by atoms with E-state index in [0.29, 0.717) is 0 Å². The third-order valence-electron chi connectivity index (χ3n) is 5.02. The van der Waals surface area contributed by atoms with Gasteiger partial charge < -0.3 is 9.47 Å². The Balaban J connectivity index is 1.97. The molecule has 0 aliphatic rings. The van der Waals surface area contributed by atoms with Crippen LogP contribution in [0.25, 0.3) is 0 Å². The van der Waals surface area contributed by atoms with Crippen LogP contribution in [0.15, 0.2) is 71.8 Å². The monoisotopic (exact) mass is 440 g/mol. The van der Waals surface area contributed by atoms with Crippen molar-refractivity contribution in [1.82, 2.24) is 9.29 Å². The molecule has 0 aliphatic heterocycles. The van der Waals surface area contributed by atoms with Gasteiger partial charge in [-0.15, -0.1) is 0 Å². The van der Waals surface area contributed by atoms with Gasteiger partial charge >= 0.3 is 0 Å². The SMILES string of the molecule is COc1ccc(CN(Cc2ccc(OC)cc2)S(=O)(=O)c2ccnc(C(C)C)c2)cc1. The molecule has 0 spiro atoms. The molecule has 0 atom stereocenters. The number of aromatic nitrogens is 1. The summed E-state index contributed by atoms with van der Waals surface area (Å²) in [7, 11) is -0.549. The van der Waals surface area contributed by atoms with Crippen molar-refractivity contribution in [1.29, 1.82) is 0 Å². The van der Waals surface area contributed by atoms with Gasteiger partial charge in [0, 0.05) is 25.0 Å². The molecule has 0 radical (unpaired) electrons. The minimum Gasteiger partial charge on any atom is -0.497 e. The maximum absolute atomic E-state index is 13.6. The van der Waals surface area contributed by atoms with Gasteiger partial charge in [0.1, 0.15) is 11.5 Å². The largest absolute Gasteiger partial charge is 0.497 e. The molecule has 164 valence electrons. The van der Waals surface area contributed by atoms with Crippen molar-refractivity contribution in [3.8, 4) is 11.5 Å². The molecular formula is C24H28N2O4S. The fourth-order valence-electron chi connectivity index (χ4n) is 3.15. The van der Waals surface area contributed by atoms with Crippen LogP contribution in [0.2, 0.25) is 0 Å². The first-order valence-electron chi connectivity index (χ1n) is 10.1. The van der Waals surface area contributed by atoms with Gasteiger partial charge in [0.15, 0.2) is 0 Å². The van der Waals surface area contributed by atoms with Crippen molar-refractivity contribution >= 4 is 10.0 Å². The molecule has 1 aromatic heterocycles. The highest BCUT2D eigenvalue weighted by atomic mass is 32.2. The number of pyridine rings is 1. The Morgan fingerprint density at radius 1 is 0.839 bits per heavy atom. The van der Waals surface area contributed by atoms with E-state index in [4.69, 9.17) is 9.47 Å².